The highest BCUT2D eigenvalue weighted by Crippen LogP contribution is 2.32. The summed E-state index contributed by atoms with van der Waals surface area (Å²) < 4.78 is 0. The van der Waals surface area contributed by atoms with E-state index in [2.05, 4.69) is 5.32 Å². The number of nitro benzene ring substituents is 1. The van der Waals surface area contributed by atoms with Crippen molar-refractivity contribution >= 4 is 11.6 Å². The Hall–Kier alpha value is -1.91. The predicted molar refractivity (Wildman–Crippen MR) is 53.6 cm³/mol. The van der Waals surface area contributed by atoms with Gasteiger partial charge in [0, 0.05) is 12.1 Å². The summed E-state index contributed by atoms with van der Waals surface area (Å²) in [6, 6.07) is 4.37. The topological polar surface area (TPSA) is 72.2 Å². The molecule has 2 rings (SSSR count). The van der Waals surface area contributed by atoms with E-state index in [4.69, 9.17) is 0 Å². The van der Waals surface area contributed by atoms with E-state index >= 15 is 0 Å². The van der Waals surface area contributed by atoms with E-state index in [0.29, 0.717) is 5.56 Å². The van der Waals surface area contributed by atoms with Gasteiger partial charge in [0.15, 0.2) is 0 Å². The second kappa shape index (κ2) is 2.79. The van der Waals surface area contributed by atoms with Gasteiger partial charge in [-0.15, -0.1) is 0 Å². The summed E-state index contributed by atoms with van der Waals surface area (Å²) >= 11 is 0. The number of fused-ring (bicyclic) bond motifs is 1. The molecule has 15 heavy (non-hydrogen) atoms. The van der Waals surface area contributed by atoms with Crippen LogP contribution in [0.5, 0.6) is 0 Å². The maximum absolute atomic E-state index is 11.5. The lowest BCUT2D eigenvalue weighted by atomic mass is 9.94. The summed E-state index contributed by atoms with van der Waals surface area (Å²) in [7, 11) is 0. The van der Waals surface area contributed by atoms with Crippen molar-refractivity contribution in [3.63, 3.8) is 0 Å². The summed E-state index contributed by atoms with van der Waals surface area (Å²) in [5.74, 6) is -0.251. The summed E-state index contributed by atoms with van der Waals surface area (Å²) in [6.07, 6.45) is 0. The molecule has 1 N–H and O–H groups in total. The molecule has 0 unspecified atom stereocenters. The fraction of sp³-hybridized carbons (Fsp3) is 0.300. The smallest absolute Gasteiger partial charge is 0.270 e. The molecule has 0 aromatic heterocycles. The van der Waals surface area contributed by atoms with Gasteiger partial charge in [-0.05, 0) is 25.5 Å². The molecule has 78 valence electrons. The molecule has 0 saturated carbocycles. The maximum Gasteiger partial charge on any atom is 0.270 e. The van der Waals surface area contributed by atoms with Crippen molar-refractivity contribution in [2.24, 2.45) is 0 Å². The van der Waals surface area contributed by atoms with Crippen molar-refractivity contribution in [1.82, 2.24) is 5.32 Å². The molecule has 1 aliphatic rings. The molecule has 0 radical (unpaired) electrons. The zero-order valence-electron chi connectivity index (χ0n) is 8.40. The minimum atomic E-state index is -0.501. The first-order chi connectivity index (χ1) is 6.92. The quantitative estimate of drug-likeness (QED) is 0.560. The molecule has 0 atom stereocenters. The molecule has 1 aliphatic heterocycles. The Kier molecular flexibility index (Phi) is 1.79. The van der Waals surface area contributed by atoms with Crippen LogP contribution in [0.2, 0.25) is 0 Å². The van der Waals surface area contributed by atoms with Gasteiger partial charge in [-0.1, -0.05) is 0 Å². The number of non-ortho nitro benzene ring substituents is 1. The van der Waals surface area contributed by atoms with Crippen molar-refractivity contribution in [2.75, 3.05) is 0 Å². The number of hydrogen-bond donors (Lipinski definition) is 1. The summed E-state index contributed by atoms with van der Waals surface area (Å²) in [6.45, 7) is 3.73. The second-order valence-electron chi connectivity index (χ2n) is 4.07. The Morgan fingerprint density at radius 3 is 2.67 bits per heavy atom. The van der Waals surface area contributed by atoms with Crippen LogP contribution in [0.4, 0.5) is 5.69 Å². The largest absolute Gasteiger partial charge is 0.343 e. The standard InChI is InChI=1S/C10H10N2O3/c1-10(2)8-4-3-6(12(14)15)5-7(8)9(13)11-10/h3-5H,1-2H3,(H,11,13). The molecule has 0 saturated heterocycles. The Balaban J connectivity index is 2.60. The number of benzene rings is 1. The summed E-state index contributed by atoms with van der Waals surface area (Å²) in [4.78, 5) is 21.6. The van der Waals surface area contributed by atoms with E-state index in [1.54, 1.807) is 6.07 Å². The zero-order valence-corrected chi connectivity index (χ0v) is 8.40. The SMILES string of the molecule is CC1(C)NC(=O)c2cc([N+](=O)[O-])ccc21. The first kappa shape index (κ1) is 9.64. The van der Waals surface area contributed by atoms with Crippen LogP contribution in [0.3, 0.4) is 0 Å². The maximum atomic E-state index is 11.5. The number of rotatable bonds is 1. The van der Waals surface area contributed by atoms with Gasteiger partial charge >= 0.3 is 0 Å². The average molecular weight is 206 g/mol. The highest BCUT2D eigenvalue weighted by molar-refractivity contribution is 6.00. The minimum Gasteiger partial charge on any atom is -0.343 e. The number of carbonyl (C=O) groups excluding carboxylic acids is 1. The van der Waals surface area contributed by atoms with Gasteiger partial charge in [-0.2, -0.15) is 0 Å². The first-order valence-electron chi connectivity index (χ1n) is 4.53. The van der Waals surface area contributed by atoms with Crippen LogP contribution < -0.4 is 5.32 Å². The van der Waals surface area contributed by atoms with Gasteiger partial charge in [-0.25, -0.2) is 0 Å². The van der Waals surface area contributed by atoms with Crippen LogP contribution in [0.1, 0.15) is 29.8 Å². The van der Waals surface area contributed by atoms with Crippen molar-refractivity contribution in [2.45, 2.75) is 19.4 Å². The van der Waals surface area contributed by atoms with E-state index in [1.165, 1.54) is 12.1 Å². The Labute approximate surface area is 86.2 Å². The molecule has 1 amide bonds. The van der Waals surface area contributed by atoms with Crippen molar-refractivity contribution < 1.29 is 9.72 Å². The Morgan fingerprint density at radius 1 is 1.40 bits per heavy atom. The van der Waals surface area contributed by atoms with Crippen molar-refractivity contribution in [3.8, 4) is 0 Å². The molecule has 5 nitrogen and oxygen atoms in total. The molecule has 0 fully saturated rings. The van der Waals surface area contributed by atoms with Gasteiger partial charge in [0.1, 0.15) is 0 Å². The number of carbonyl (C=O) groups is 1. The molecule has 1 aromatic rings. The third-order valence-electron chi connectivity index (χ3n) is 2.56. The monoisotopic (exact) mass is 206 g/mol. The van der Waals surface area contributed by atoms with Crippen LogP contribution in [-0.4, -0.2) is 10.8 Å². The number of nitro groups is 1. The molecule has 1 aromatic carbocycles. The van der Waals surface area contributed by atoms with Gasteiger partial charge in [0.2, 0.25) is 0 Å². The molecule has 0 bridgehead atoms. The van der Waals surface area contributed by atoms with Gasteiger partial charge < -0.3 is 5.32 Å². The molecular formula is C10H10N2O3. The normalized spacial score (nSPS) is 17.1. The highest BCUT2D eigenvalue weighted by Gasteiger charge is 2.35. The van der Waals surface area contributed by atoms with Gasteiger partial charge in [-0.3, -0.25) is 14.9 Å². The molecule has 1 heterocycles. The number of hydrogen-bond acceptors (Lipinski definition) is 3. The predicted octanol–water partition coefficient (Wildman–Crippen LogP) is 1.57. The van der Waals surface area contributed by atoms with Crippen LogP contribution >= 0.6 is 0 Å². The lowest BCUT2D eigenvalue weighted by Gasteiger charge is -2.18. The van der Waals surface area contributed by atoms with E-state index in [9.17, 15) is 14.9 Å². The van der Waals surface area contributed by atoms with E-state index < -0.39 is 10.5 Å². The molecule has 5 heteroatoms. The Bertz CT molecular complexity index is 466. The van der Waals surface area contributed by atoms with Crippen molar-refractivity contribution in [3.05, 3.63) is 39.4 Å². The lowest BCUT2D eigenvalue weighted by Crippen LogP contribution is -2.32. The van der Waals surface area contributed by atoms with Crippen LogP contribution in [-0.2, 0) is 5.54 Å². The number of nitrogens with one attached hydrogen (secondary N) is 1. The summed E-state index contributed by atoms with van der Waals surface area (Å²) in [5.41, 5.74) is 0.704. The van der Waals surface area contributed by atoms with Crippen LogP contribution in [0.25, 0.3) is 0 Å². The van der Waals surface area contributed by atoms with Crippen LogP contribution in [0.15, 0.2) is 18.2 Å². The molecule has 0 spiro atoms. The average Bonchev–Trinajstić information content (AvgIpc) is 2.37. The molecular weight excluding hydrogens is 196 g/mol. The fourth-order valence-electron chi connectivity index (χ4n) is 1.80. The summed E-state index contributed by atoms with van der Waals surface area (Å²) in [5, 5.41) is 13.3. The first-order valence-corrected chi connectivity index (χ1v) is 4.53. The molecule has 0 aliphatic carbocycles. The third-order valence-corrected chi connectivity index (χ3v) is 2.56. The Morgan fingerprint density at radius 2 is 2.07 bits per heavy atom. The van der Waals surface area contributed by atoms with Crippen molar-refractivity contribution in [1.29, 1.82) is 0 Å². The zero-order chi connectivity index (χ0) is 11.2. The van der Waals surface area contributed by atoms with Crippen LogP contribution in [0, 0.1) is 10.1 Å². The van der Waals surface area contributed by atoms with E-state index in [0.717, 1.165) is 5.56 Å². The van der Waals surface area contributed by atoms with Gasteiger partial charge in [0.25, 0.3) is 11.6 Å². The third kappa shape index (κ3) is 1.36. The highest BCUT2D eigenvalue weighted by atomic mass is 16.6. The second-order valence-corrected chi connectivity index (χ2v) is 4.07. The number of amides is 1. The fourth-order valence-corrected chi connectivity index (χ4v) is 1.80. The van der Waals surface area contributed by atoms with E-state index in [-0.39, 0.29) is 11.6 Å². The lowest BCUT2D eigenvalue weighted by molar-refractivity contribution is -0.384. The minimum absolute atomic E-state index is 0.0541. The van der Waals surface area contributed by atoms with E-state index in [1.807, 2.05) is 13.8 Å². The number of nitrogens with zero attached hydrogens (tertiary/aromatic N) is 1. The van der Waals surface area contributed by atoms with Gasteiger partial charge in [0.05, 0.1) is 16.0 Å².